The first-order valence-corrected chi connectivity index (χ1v) is 8.18. The van der Waals surface area contributed by atoms with Gasteiger partial charge in [-0.3, -0.25) is 9.59 Å². The summed E-state index contributed by atoms with van der Waals surface area (Å²) in [5.41, 5.74) is 6.80. The van der Waals surface area contributed by atoms with Crippen molar-refractivity contribution < 1.29 is 19.4 Å². The number of carboxylic acids is 1. The van der Waals surface area contributed by atoms with Crippen LogP contribution in [0.3, 0.4) is 0 Å². The molecule has 4 N–H and O–H groups in total. The third-order valence-corrected chi connectivity index (χ3v) is 4.28. The number of ether oxygens (including phenoxy) is 1. The standard InChI is InChI=1S/C17H25N3O4/c1-24-15-11-12(4-5-14(15)18)17(23)19-13-6-9-20(10-7-13)8-2-3-16(21)22/h4-5,11,13H,2-3,6-10,18H2,1H3,(H,19,23)(H,21,22). The number of amides is 1. The number of methoxy groups -OCH3 is 1. The minimum Gasteiger partial charge on any atom is -0.495 e. The third kappa shape index (κ3) is 5.13. The molecule has 1 aliphatic heterocycles. The Morgan fingerprint density at radius 2 is 2.08 bits per heavy atom. The fourth-order valence-corrected chi connectivity index (χ4v) is 2.88. The Labute approximate surface area is 141 Å². The first-order valence-electron chi connectivity index (χ1n) is 8.18. The smallest absolute Gasteiger partial charge is 0.303 e. The van der Waals surface area contributed by atoms with Crippen molar-refractivity contribution in [1.82, 2.24) is 10.2 Å². The molecule has 1 aliphatic rings. The van der Waals surface area contributed by atoms with Crippen LogP contribution >= 0.6 is 0 Å². The predicted molar refractivity (Wildman–Crippen MR) is 91.2 cm³/mol. The molecular formula is C17H25N3O4. The number of nitrogens with one attached hydrogen (secondary N) is 1. The maximum atomic E-state index is 12.3. The molecule has 0 saturated carbocycles. The van der Waals surface area contributed by atoms with Gasteiger partial charge in [-0.25, -0.2) is 0 Å². The summed E-state index contributed by atoms with van der Waals surface area (Å²) in [6.45, 7) is 2.54. The Morgan fingerprint density at radius 3 is 2.71 bits per heavy atom. The van der Waals surface area contributed by atoms with Crippen LogP contribution in [0.1, 0.15) is 36.0 Å². The highest BCUT2D eigenvalue weighted by Gasteiger charge is 2.21. The fraction of sp³-hybridized carbons (Fsp3) is 0.529. The molecule has 7 nitrogen and oxygen atoms in total. The molecule has 0 unspecified atom stereocenters. The van der Waals surface area contributed by atoms with Gasteiger partial charge in [0, 0.05) is 31.1 Å². The number of aliphatic carboxylic acids is 1. The molecule has 1 saturated heterocycles. The zero-order valence-electron chi connectivity index (χ0n) is 14.0. The lowest BCUT2D eigenvalue weighted by Crippen LogP contribution is -2.44. The van der Waals surface area contributed by atoms with E-state index in [1.54, 1.807) is 18.2 Å². The van der Waals surface area contributed by atoms with E-state index in [2.05, 4.69) is 10.2 Å². The molecule has 1 aromatic carbocycles. The molecule has 7 heteroatoms. The Balaban J connectivity index is 1.79. The Bertz CT molecular complexity index is 583. The topological polar surface area (TPSA) is 105 Å². The normalized spacial score (nSPS) is 15.9. The van der Waals surface area contributed by atoms with E-state index in [-0.39, 0.29) is 18.4 Å². The lowest BCUT2D eigenvalue weighted by Gasteiger charge is -2.32. The lowest BCUT2D eigenvalue weighted by atomic mass is 10.0. The van der Waals surface area contributed by atoms with Gasteiger partial charge in [0.2, 0.25) is 0 Å². The number of rotatable bonds is 7. The molecule has 0 aliphatic carbocycles. The minimum atomic E-state index is -0.754. The largest absolute Gasteiger partial charge is 0.495 e. The number of hydrogen-bond acceptors (Lipinski definition) is 5. The second-order valence-electron chi connectivity index (χ2n) is 6.04. The molecule has 0 bridgehead atoms. The number of likely N-dealkylation sites (tertiary alicyclic amines) is 1. The van der Waals surface area contributed by atoms with Gasteiger partial charge in [-0.2, -0.15) is 0 Å². The minimum absolute atomic E-state index is 0.127. The Morgan fingerprint density at radius 1 is 1.38 bits per heavy atom. The van der Waals surface area contributed by atoms with Gasteiger partial charge in [0.1, 0.15) is 5.75 Å². The van der Waals surface area contributed by atoms with Gasteiger partial charge in [-0.15, -0.1) is 0 Å². The van der Waals surface area contributed by atoms with E-state index in [0.29, 0.717) is 23.4 Å². The molecule has 1 heterocycles. The molecule has 1 fully saturated rings. The van der Waals surface area contributed by atoms with E-state index < -0.39 is 5.97 Å². The van der Waals surface area contributed by atoms with E-state index in [1.807, 2.05) is 0 Å². The summed E-state index contributed by atoms with van der Waals surface area (Å²) in [6.07, 6.45) is 2.60. The highest BCUT2D eigenvalue weighted by molar-refractivity contribution is 5.95. The third-order valence-electron chi connectivity index (χ3n) is 4.28. The summed E-state index contributed by atoms with van der Waals surface area (Å²) in [5, 5.41) is 11.7. The number of carbonyl (C=O) groups is 2. The van der Waals surface area contributed by atoms with Crippen molar-refractivity contribution >= 4 is 17.6 Å². The second-order valence-corrected chi connectivity index (χ2v) is 6.04. The summed E-state index contributed by atoms with van der Waals surface area (Å²) in [5.74, 6) is -0.385. The van der Waals surface area contributed by atoms with Crippen molar-refractivity contribution in [2.45, 2.75) is 31.7 Å². The van der Waals surface area contributed by atoms with Crippen molar-refractivity contribution in [3.05, 3.63) is 23.8 Å². The van der Waals surface area contributed by atoms with E-state index in [0.717, 1.165) is 32.5 Å². The van der Waals surface area contributed by atoms with E-state index in [9.17, 15) is 9.59 Å². The molecule has 0 spiro atoms. The first-order chi connectivity index (χ1) is 11.5. The van der Waals surface area contributed by atoms with Gasteiger partial charge in [-0.05, 0) is 44.0 Å². The van der Waals surface area contributed by atoms with Crippen LogP contribution in [0.2, 0.25) is 0 Å². The van der Waals surface area contributed by atoms with Crippen molar-refractivity contribution in [1.29, 1.82) is 0 Å². The lowest BCUT2D eigenvalue weighted by molar-refractivity contribution is -0.137. The highest BCUT2D eigenvalue weighted by atomic mass is 16.5. The number of anilines is 1. The number of hydrogen-bond donors (Lipinski definition) is 3. The van der Waals surface area contributed by atoms with E-state index in [4.69, 9.17) is 15.6 Å². The first kappa shape index (κ1) is 18.1. The highest BCUT2D eigenvalue weighted by Crippen LogP contribution is 2.22. The zero-order valence-corrected chi connectivity index (χ0v) is 14.0. The van der Waals surface area contributed by atoms with Crippen LogP contribution in [0, 0.1) is 0 Å². The van der Waals surface area contributed by atoms with Crippen LogP contribution in [0.15, 0.2) is 18.2 Å². The molecular weight excluding hydrogens is 310 g/mol. The van der Waals surface area contributed by atoms with Crippen LogP contribution in [0.4, 0.5) is 5.69 Å². The summed E-state index contributed by atoms with van der Waals surface area (Å²) in [7, 11) is 1.52. The van der Waals surface area contributed by atoms with Crippen molar-refractivity contribution in [2.75, 3.05) is 32.5 Å². The maximum Gasteiger partial charge on any atom is 0.303 e. The number of carbonyl (C=O) groups excluding carboxylic acids is 1. The molecule has 0 atom stereocenters. The van der Waals surface area contributed by atoms with Crippen LogP contribution in [0.25, 0.3) is 0 Å². The quantitative estimate of drug-likeness (QED) is 0.650. The van der Waals surface area contributed by atoms with Crippen LogP contribution < -0.4 is 15.8 Å². The molecule has 2 rings (SSSR count). The van der Waals surface area contributed by atoms with Gasteiger partial charge in [0.15, 0.2) is 0 Å². The predicted octanol–water partition coefficient (Wildman–Crippen LogP) is 1.34. The Kier molecular flexibility index (Phi) is 6.43. The maximum absolute atomic E-state index is 12.3. The van der Waals surface area contributed by atoms with Crippen LogP contribution in [0.5, 0.6) is 5.75 Å². The number of nitrogens with zero attached hydrogens (tertiary/aromatic N) is 1. The number of piperidine rings is 1. The molecule has 24 heavy (non-hydrogen) atoms. The molecule has 1 aromatic rings. The average Bonchev–Trinajstić information content (AvgIpc) is 2.56. The summed E-state index contributed by atoms with van der Waals surface area (Å²) in [6, 6.07) is 5.13. The molecule has 1 amide bonds. The number of benzene rings is 1. The number of nitrogen functional groups attached to an aromatic ring is 1. The number of nitrogens with two attached hydrogens (primary N) is 1. The Hall–Kier alpha value is -2.28. The summed E-state index contributed by atoms with van der Waals surface area (Å²) >= 11 is 0. The molecule has 0 aromatic heterocycles. The van der Waals surface area contributed by atoms with Gasteiger partial charge in [0.25, 0.3) is 5.91 Å². The van der Waals surface area contributed by atoms with Crippen LogP contribution in [-0.2, 0) is 4.79 Å². The fourth-order valence-electron chi connectivity index (χ4n) is 2.88. The van der Waals surface area contributed by atoms with Crippen molar-refractivity contribution in [3.8, 4) is 5.75 Å². The number of carboxylic acid groups (broad SMARTS) is 1. The average molecular weight is 335 g/mol. The monoisotopic (exact) mass is 335 g/mol. The van der Waals surface area contributed by atoms with Gasteiger partial charge >= 0.3 is 5.97 Å². The van der Waals surface area contributed by atoms with E-state index >= 15 is 0 Å². The van der Waals surface area contributed by atoms with Crippen molar-refractivity contribution in [2.24, 2.45) is 0 Å². The second kappa shape index (κ2) is 8.54. The van der Waals surface area contributed by atoms with Gasteiger partial charge in [-0.1, -0.05) is 0 Å². The zero-order chi connectivity index (χ0) is 17.5. The van der Waals surface area contributed by atoms with Gasteiger partial charge < -0.3 is 25.8 Å². The summed E-state index contributed by atoms with van der Waals surface area (Å²) < 4.78 is 5.14. The SMILES string of the molecule is COc1cc(C(=O)NC2CCN(CCCC(=O)O)CC2)ccc1N. The summed E-state index contributed by atoms with van der Waals surface area (Å²) in [4.78, 5) is 25.1. The van der Waals surface area contributed by atoms with Gasteiger partial charge in [0.05, 0.1) is 12.8 Å². The van der Waals surface area contributed by atoms with Crippen LogP contribution in [-0.4, -0.2) is 54.7 Å². The van der Waals surface area contributed by atoms with E-state index in [1.165, 1.54) is 7.11 Å². The van der Waals surface area contributed by atoms with Crippen molar-refractivity contribution in [3.63, 3.8) is 0 Å². The molecule has 0 radical (unpaired) electrons. The molecule has 132 valence electrons.